The summed E-state index contributed by atoms with van der Waals surface area (Å²) in [5, 5.41) is 2.90. The summed E-state index contributed by atoms with van der Waals surface area (Å²) < 4.78 is 58.7. The van der Waals surface area contributed by atoms with Gasteiger partial charge in [-0.25, -0.2) is 4.39 Å². The summed E-state index contributed by atoms with van der Waals surface area (Å²) >= 11 is 0. The molecule has 0 bridgehead atoms. The highest BCUT2D eigenvalue weighted by Crippen LogP contribution is 2.44. The van der Waals surface area contributed by atoms with Crippen molar-refractivity contribution in [1.29, 1.82) is 0 Å². The van der Waals surface area contributed by atoms with E-state index in [0.29, 0.717) is 24.0 Å². The molecular weight excluding hydrogens is 374 g/mol. The first-order chi connectivity index (χ1) is 13.1. The van der Waals surface area contributed by atoms with Gasteiger partial charge in [-0.2, -0.15) is 13.2 Å². The molecule has 2 aromatic rings. The Morgan fingerprint density at radius 1 is 1.07 bits per heavy atom. The van der Waals surface area contributed by atoms with Gasteiger partial charge in [-0.1, -0.05) is 24.3 Å². The highest BCUT2D eigenvalue weighted by atomic mass is 19.4. The second-order valence-corrected chi connectivity index (χ2v) is 7.44. The number of hydrogen-bond donors (Lipinski definition) is 1. The van der Waals surface area contributed by atoms with Crippen molar-refractivity contribution in [2.24, 2.45) is 0 Å². The van der Waals surface area contributed by atoms with E-state index in [2.05, 4.69) is 5.32 Å². The summed E-state index contributed by atoms with van der Waals surface area (Å²) in [4.78, 5) is 11.7. The monoisotopic (exact) mass is 395 g/mol. The third-order valence-electron chi connectivity index (χ3n) is 4.91. The van der Waals surface area contributed by atoms with E-state index in [-0.39, 0.29) is 5.91 Å². The van der Waals surface area contributed by atoms with Crippen molar-refractivity contribution < 1.29 is 27.1 Å². The number of nitrogens with one attached hydrogen (secondary N) is 1. The van der Waals surface area contributed by atoms with Crippen molar-refractivity contribution in [3.8, 4) is 0 Å². The van der Waals surface area contributed by atoms with Crippen molar-refractivity contribution in [3.63, 3.8) is 0 Å². The molecule has 150 valence electrons. The molecule has 1 aliphatic heterocycles. The summed E-state index contributed by atoms with van der Waals surface area (Å²) in [6.07, 6.45) is -4.85. The molecular formula is C21H21F4NO2. The van der Waals surface area contributed by atoms with Crippen LogP contribution in [0.5, 0.6) is 0 Å². The largest absolute Gasteiger partial charge is 0.416 e. The van der Waals surface area contributed by atoms with E-state index in [9.17, 15) is 22.4 Å². The Hall–Kier alpha value is -2.41. The summed E-state index contributed by atoms with van der Waals surface area (Å²) in [6.45, 7) is 3.24. The van der Waals surface area contributed by atoms with Gasteiger partial charge in [-0.3, -0.25) is 4.79 Å². The van der Waals surface area contributed by atoms with Gasteiger partial charge < -0.3 is 10.1 Å². The molecule has 3 rings (SSSR count). The standard InChI is InChI=1S/C21H21F4NO2/c1-13(27)26-20(2)11-18(14-6-8-17(22)9-7-14)28-19(12-20)15-4-3-5-16(10-15)21(23,24)25/h3-10,18-19H,11-12H2,1-2H3,(H,26,27)/t18-,19+,20+/m0/s1. The number of rotatable bonds is 3. The van der Waals surface area contributed by atoms with E-state index in [1.807, 2.05) is 6.92 Å². The lowest BCUT2D eigenvalue weighted by Crippen LogP contribution is -2.50. The lowest BCUT2D eigenvalue weighted by molar-refractivity contribution is -0.137. The summed E-state index contributed by atoms with van der Waals surface area (Å²) in [5.41, 5.74) is -0.339. The van der Waals surface area contributed by atoms with Crippen LogP contribution in [0.2, 0.25) is 0 Å². The number of benzene rings is 2. The Morgan fingerprint density at radius 2 is 1.68 bits per heavy atom. The second-order valence-electron chi connectivity index (χ2n) is 7.44. The molecule has 3 nitrogen and oxygen atoms in total. The Bertz CT molecular complexity index is 850. The van der Waals surface area contributed by atoms with Crippen LogP contribution in [0.25, 0.3) is 0 Å². The number of halogens is 4. The first kappa shape index (κ1) is 20.3. The smallest absolute Gasteiger partial charge is 0.365 e. The van der Waals surface area contributed by atoms with Crippen LogP contribution < -0.4 is 5.32 Å². The molecule has 2 aromatic carbocycles. The molecule has 1 heterocycles. The minimum atomic E-state index is -4.46. The normalized spacial score (nSPS) is 25.4. The van der Waals surface area contributed by atoms with E-state index < -0.39 is 35.3 Å². The van der Waals surface area contributed by atoms with Crippen molar-refractivity contribution in [2.45, 2.75) is 50.6 Å². The van der Waals surface area contributed by atoms with Gasteiger partial charge in [-0.05, 0) is 42.3 Å². The van der Waals surface area contributed by atoms with Crippen molar-refractivity contribution in [3.05, 3.63) is 71.0 Å². The van der Waals surface area contributed by atoms with Gasteiger partial charge >= 0.3 is 6.18 Å². The number of hydrogen-bond acceptors (Lipinski definition) is 2. The Labute approximate surface area is 160 Å². The molecule has 0 aliphatic carbocycles. The minimum Gasteiger partial charge on any atom is -0.365 e. The summed E-state index contributed by atoms with van der Waals surface area (Å²) in [5.74, 6) is -0.622. The summed E-state index contributed by atoms with van der Waals surface area (Å²) in [7, 11) is 0. The number of alkyl halides is 3. The molecule has 3 atom stereocenters. The predicted octanol–water partition coefficient (Wildman–Crippen LogP) is 5.33. The third-order valence-corrected chi connectivity index (χ3v) is 4.91. The molecule has 1 amide bonds. The number of carbonyl (C=O) groups excluding carboxylic acids is 1. The van der Waals surface area contributed by atoms with Crippen LogP contribution in [0, 0.1) is 5.82 Å². The first-order valence-corrected chi connectivity index (χ1v) is 8.93. The van der Waals surface area contributed by atoms with E-state index >= 15 is 0 Å². The lowest BCUT2D eigenvalue weighted by atomic mass is 9.81. The number of ether oxygens (including phenoxy) is 1. The SMILES string of the molecule is CC(=O)N[C@]1(C)C[C@@H](c2ccc(F)cc2)O[C@@H](c2cccc(C(F)(F)F)c2)C1. The molecule has 0 radical (unpaired) electrons. The van der Waals surface area contributed by atoms with Crippen molar-refractivity contribution >= 4 is 5.91 Å². The van der Waals surface area contributed by atoms with E-state index in [1.54, 1.807) is 18.2 Å². The fraction of sp³-hybridized carbons (Fsp3) is 0.381. The Balaban J connectivity index is 1.95. The maximum atomic E-state index is 13.3. The van der Waals surface area contributed by atoms with Gasteiger partial charge in [0.05, 0.1) is 17.8 Å². The highest BCUT2D eigenvalue weighted by molar-refractivity contribution is 5.73. The quantitative estimate of drug-likeness (QED) is 0.713. The third kappa shape index (κ3) is 4.70. The zero-order chi connectivity index (χ0) is 20.5. The molecule has 0 unspecified atom stereocenters. The predicted molar refractivity (Wildman–Crippen MR) is 95.9 cm³/mol. The highest BCUT2D eigenvalue weighted by Gasteiger charge is 2.40. The fourth-order valence-electron chi connectivity index (χ4n) is 3.71. The zero-order valence-electron chi connectivity index (χ0n) is 15.5. The molecule has 28 heavy (non-hydrogen) atoms. The van der Waals surface area contributed by atoms with E-state index in [4.69, 9.17) is 4.74 Å². The van der Waals surface area contributed by atoms with Gasteiger partial charge in [-0.15, -0.1) is 0 Å². The average molecular weight is 395 g/mol. The van der Waals surface area contributed by atoms with Crippen LogP contribution in [0.1, 0.15) is 55.6 Å². The van der Waals surface area contributed by atoms with Crippen LogP contribution in [-0.2, 0) is 15.7 Å². The van der Waals surface area contributed by atoms with Crippen LogP contribution in [0.3, 0.4) is 0 Å². The maximum absolute atomic E-state index is 13.3. The molecule has 7 heteroatoms. The van der Waals surface area contributed by atoms with Gasteiger partial charge in [0.15, 0.2) is 0 Å². The maximum Gasteiger partial charge on any atom is 0.416 e. The van der Waals surface area contributed by atoms with Gasteiger partial charge in [0.2, 0.25) is 5.91 Å². The van der Waals surface area contributed by atoms with E-state index in [1.165, 1.54) is 25.1 Å². The Kier molecular flexibility index (Phi) is 5.48. The van der Waals surface area contributed by atoms with Crippen LogP contribution in [0.4, 0.5) is 17.6 Å². The molecule has 1 fully saturated rings. The molecule has 1 aliphatic rings. The minimum absolute atomic E-state index is 0.231. The number of amides is 1. The number of carbonyl (C=O) groups is 1. The van der Waals surface area contributed by atoms with E-state index in [0.717, 1.165) is 12.1 Å². The second kappa shape index (κ2) is 7.54. The van der Waals surface area contributed by atoms with Crippen LogP contribution in [-0.4, -0.2) is 11.4 Å². The molecule has 1 saturated heterocycles. The molecule has 0 saturated carbocycles. The van der Waals surface area contributed by atoms with Crippen LogP contribution >= 0.6 is 0 Å². The van der Waals surface area contributed by atoms with Gasteiger partial charge in [0.25, 0.3) is 0 Å². The van der Waals surface area contributed by atoms with Crippen LogP contribution in [0.15, 0.2) is 48.5 Å². The molecule has 1 N–H and O–H groups in total. The lowest BCUT2D eigenvalue weighted by Gasteiger charge is -2.43. The topological polar surface area (TPSA) is 38.3 Å². The molecule has 0 aromatic heterocycles. The summed E-state index contributed by atoms with van der Waals surface area (Å²) in [6, 6.07) is 10.8. The average Bonchev–Trinajstić information content (AvgIpc) is 2.60. The van der Waals surface area contributed by atoms with Gasteiger partial charge in [0.1, 0.15) is 5.82 Å². The fourth-order valence-corrected chi connectivity index (χ4v) is 3.71. The Morgan fingerprint density at radius 3 is 2.25 bits per heavy atom. The van der Waals surface area contributed by atoms with Crippen molar-refractivity contribution in [2.75, 3.05) is 0 Å². The van der Waals surface area contributed by atoms with Crippen molar-refractivity contribution in [1.82, 2.24) is 5.32 Å². The molecule has 0 spiro atoms. The van der Waals surface area contributed by atoms with Gasteiger partial charge in [0, 0.05) is 25.3 Å². The zero-order valence-corrected chi connectivity index (χ0v) is 15.5. The first-order valence-electron chi connectivity index (χ1n) is 8.93.